The minimum absolute atomic E-state index is 0.0865. The first-order chi connectivity index (χ1) is 6.87. The molecule has 1 N–H and O–H groups in total. The molecule has 0 saturated heterocycles. The first kappa shape index (κ1) is 12.5. The van der Waals surface area contributed by atoms with Crippen molar-refractivity contribution in [3.8, 4) is 0 Å². The normalized spacial score (nSPS) is 25.9. The van der Waals surface area contributed by atoms with Crippen LogP contribution in [-0.2, 0) is 9.53 Å². The lowest BCUT2D eigenvalue weighted by atomic mass is 9.79. The highest BCUT2D eigenvalue weighted by Crippen LogP contribution is 2.31. The second-order valence-corrected chi connectivity index (χ2v) is 5.47. The fraction of sp³-hybridized carbons (Fsp3) is 0.917. The van der Waals surface area contributed by atoms with Gasteiger partial charge in [0.25, 0.3) is 0 Å². The fourth-order valence-corrected chi connectivity index (χ4v) is 1.86. The Kier molecular flexibility index (Phi) is 4.14. The largest absolute Gasteiger partial charge is 0.460 e. The number of hydrogen-bond acceptors (Lipinski definition) is 3. The average Bonchev–Trinajstić information content (AvgIpc) is 1.97. The number of esters is 1. The molecule has 0 unspecified atom stereocenters. The molecular weight excluding hydrogens is 192 g/mol. The Hall–Kier alpha value is -0.570. The van der Waals surface area contributed by atoms with Crippen LogP contribution >= 0.6 is 0 Å². The molecule has 0 heterocycles. The van der Waals surface area contributed by atoms with Crippen molar-refractivity contribution in [3.63, 3.8) is 0 Å². The van der Waals surface area contributed by atoms with E-state index in [9.17, 15) is 4.79 Å². The van der Waals surface area contributed by atoms with Crippen LogP contribution in [0.1, 0.15) is 52.9 Å². The Morgan fingerprint density at radius 3 is 2.47 bits per heavy atom. The lowest BCUT2D eigenvalue weighted by Crippen LogP contribution is -2.28. The highest BCUT2D eigenvalue weighted by molar-refractivity contribution is 5.69. The van der Waals surface area contributed by atoms with Crippen LogP contribution in [0.5, 0.6) is 0 Å². The molecule has 0 atom stereocenters. The third-order valence-corrected chi connectivity index (χ3v) is 2.62. The molecule has 3 nitrogen and oxygen atoms in total. The lowest BCUT2D eigenvalue weighted by molar-refractivity contribution is -0.155. The average molecular weight is 214 g/mol. The summed E-state index contributed by atoms with van der Waals surface area (Å²) in [6, 6.07) is 0. The molecule has 3 heteroatoms. The lowest BCUT2D eigenvalue weighted by Gasteiger charge is -2.31. The Labute approximate surface area is 91.8 Å². The zero-order valence-electron chi connectivity index (χ0n) is 9.95. The van der Waals surface area contributed by atoms with Crippen LogP contribution in [0.3, 0.4) is 0 Å². The highest BCUT2D eigenvalue weighted by atomic mass is 16.6. The van der Waals surface area contributed by atoms with Gasteiger partial charge in [0.1, 0.15) is 5.60 Å². The first-order valence-corrected chi connectivity index (χ1v) is 5.77. The van der Waals surface area contributed by atoms with Gasteiger partial charge < -0.3 is 9.84 Å². The predicted octanol–water partition coefficient (Wildman–Crippen LogP) is 2.27. The summed E-state index contributed by atoms with van der Waals surface area (Å²) in [7, 11) is 0. The third kappa shape index (κ3) is 5.17. The molecule has 0 aromatic heterocycles. The maximum atomic E-state index is 11.3. The Bertz CT molecular complexity index is 211. The monoisotopic (exact) mass is 214 g/mol. The van der Waals surface area contributed by atoms with Crippen molar-refractivity contribution in [3.05, 3.63) is 0 Å². The van der Waals surface area contributed by atoms with Gasteiger partial charge >= 0.3 is 5.97 Å². The summed E-state index contributed by atoms with van der Waals surface area (Å²) in [5, 5.41) is 9.09. The van der Waals surface area contributed by atoms with Crippen LogP contribution in [0.15, 0.2) is 0 Å². The van der Waals surface area contributed by atoms with Gasteiger partial charge in [-0.25, -0.2) is 0 Å². The maximum Gasteiger partial charge on any atom is 0.306 e. The van der Waals surface area contributed by atoms with Crippen molar-refractivity contribution in [2.45, 2.75) is 64.6 Å². The molecule has 0 spiro atoms. The van der Waals surface area contributed by atoms with Crippen LogP contribution in [0.25, 0.3) is 0 Å². The molecule has 0 aromatic rings. The van der Waals surface area contributed by atoms with Crippen molar-refractivity contribution < 1.29 is 14.6 Å². The molecule has 0 amide bonds. The highest BCUT2D eigenvalue weighted by Gasteiger charge is 2.26. The zero-order chi connectivity index (χ0) is 11.5. The van der Waals surface area contributed by atoms with E-state index in [-0.39, 0.29) is 17.7 Å². The molecule has 1 rings (SSSR count). The van der Waals surface area contributed by atoms with Gasteiger partial charge in [0.05, 0.1) is 6.10 Å². The van der Waals surface area contributed by atoms with E-state index in [2.05, 4.69) is 0 Å². The van der Waals surface area contributed by atoms with E-state index >= 15 is 0 Å². The van der Waals surface area contributed by atoms with Gasteiger partial charge in [-0.05, 0) is 52.4 Å². The van der Waals surface area contributed by atoms with Gasteiger partial charge in [-0.3, -0.25) is 4.79 Å². The number of aliphatic hydroxyl groups is 1. The summed E-state index contributed by atoms with van der Waals surface area (Å²) in [5.41, 5.74) is -0.371. The number of rotatable bonds is 4. The van der Waals surface area contributed by atoms with Crippen molar-refractivity contribution >= 4 is 5.97 Å². The van der Waals surface area contributed by atoms with Crippen molar-refractivity contribution in [1.29, 1.82) is 0 Å². The van der Waals surface area contributed by atoms with Gasteiger partial charge in [0.2, 0.25) is 0 Å². The van der Waals surface area contributed by atoms with Crippen LogP contribution in [-0.4, -0.2) is 22.8 Å². The van der Waals surface area contributed by atoms with E-state index < -0.39 is 0 Å². The first-order valence-electron chi connectivity index (χ1n) is 5.77. The number of ether oxygens (including phenoxy) is 1. The van der Waals surface area contributed by atoms with E-state index in [4.69, 9.17) is 9.84 Å². The van der Waals surface area contributed by atoms with Gasteiger partial charge in [-0.15, -0.1) is 0 Å². The minimum atomic E-state index is -0.371. The zero-order valence-corrected chi connectivity index (χ0v) is 9.95. The minimum Gasteiger partial charge on any atom is -0.460 e. The second-order valence-electron chi connectivity index (χ2n) is 5.47. The molecule has 15 heavy (non-hydrogen) atoms. The van der Waals surface area contributed by atoms with E-state index in [0.717, 1.165) is 25.7 Å². The maximum absolute atomic E-state index is 11.3. The van der Waals surface area contributed by atoms with Crippen LogP contribution in [0, 0.1) is 5.92 Å². The summed E-state index contributed by atoms with van der Waals surface area (Å²) < 4.78 is 5.20. The van der Waals surface area contributed by atoms with Gasteiger partial charge in [0, 0.05) is 6.42 Å². The van der Waals surface area contributed by atoms with E-state index in [1.165, 1.54) is 0 Å². The van der Waals surface area contributed by atoms with Gasteiger partial charge in [-0.2, -0.15) is 0 Å². The van der Waals surface area contributed by atoms with Crippen molar-refractivity contribution in [2.75, 3.05) is 0 Å². The molecule has 1 aliphatic carbocycles. The molecule has 1 aliphatic rings. The van der Waals surface area contributed by atoms with E-state index in [1.54, 1.807) is 0 Å². The van der Waals surface area contributed by atoms with Crippen LogP contribution in [0.2, 0.25) is 0 Å². The summed E-state index contributed by atoms with van der Waals surface area (Å²) in [4.78, 5) is 11.3. The molecule has 0 bridgehead atoms. The smallest absolute Gasteiger partial charge is 0.306 e. The summed E-state index contributed by atoms with van der Waals surface area (Å²) in [6.45, 7) is 5.65. The van der Waals surface area contributed by atoms with Crippen LogP contribution < -0.4 is 0 Å². The van der Waals surface area contributed by atoms with E-state index in [0.29, 0.717) is 12.3 Å². The predicted molar refractivity (Wildman–Crippen MR) is 58.4 cm³/mol. The Morgan fingerprint density at radius 1 is 1.40 bits per heavy atom. The van der Waals surface area contributed by atoms with Crippen LogP contribution in [0.4, 0.5) is 0 Å². The topological polar surface area (TPSA) is 46.5 Å². The van der Waals surface area contributed by atoms with Gasteiger partial charge in [-0.1, -0.05) is 0 Å². The van der Waals surface area contributed by atoms with Crippen molar-refractivity contribution in [1.82, 2.24) is 0 Å². The molecule has 1 saturated carbocycles. The molecule has 1 fully saturated rings. The SMILES string of the molecule is CC(C)(C)OC(=O)CCCC1CC(O)C1. The molecule has 88 valence electrons. The molecule has 0 radical (unpaired) electrons. The number of hydrogen-bond donors (Lipinski definition) is 1. The molecule has 0 aromatic carbocycles. The fourth-order valence-electron chi connectivity index (χ4n) is 1.86. The number of aliphatic hydroxyl groups excluding tert-OH is 1. The Morgan fingerprint density at radius 2 is 2.00 bits per heavy atom. The van der Waals surface area contributed by atoms with Crippen molar-refractivity contribution in [2.24, 2.45) is 5.92 Å². The van der Waals surface area contributed by atoms with E-state index in [1.807, 2.05) is 20.8 Å². The quantitative estimate of drug-likeness (QED) is 0.730. The molecule has 0 aliphatic heterocycles. The standard InChI is InChI=1S/C12H22O3/c1-12(2,3)15-11(14)6-4-5-9-7-10(13)8-9/h9-10,13H,4-8H2,1-3H3. The molecular formula is C12H22O3. The van der Waals surface area contributed by atoms with Gasteiger partial charge in [0.15, 0.2) is 0 Å². The Balaban J connectivity index is 2.02. The second kappa shape index (κ2) is 4.97. The third-order valence-electron chi connectivity index (χ3n) is 2.62. The number of carbonyl (C=O) groups excluding carboxylic acids is 1. The summed E-state index contributed by atoms with van der Waals surface area (Å²) >= 11 is 0. The summed E-state index contributed by atoms with van der Waals surface area (Å²) in [6.07, 6.45) is 4.16. The number of carbonyl (C=O) groups is 1. The summed E-state index contributed by atoms with van der Waals surface area (Å²) in [5.74, 6) is 0.518.